The third kappa shape index (κ3) is 7.24. The molecule has 0 aliphatic carbocycles. The Bertz CT molecular complexity index is 794. The van der Waals surface area contributed by atoms with Crippen molar-refractivity contribution >= 4 is 22.5 Å². The van der Waals surface area contributed by atoms with E-state index in [4.69, 9.17) is 0 Å². The van der Waals surface area contributed by atoms with Crippen LogP contribution in [-0.2, 0) is 16.3 Å². The van der Waals surface area contributed by atoms with Gasteiger partial charge >= 0.3 is 11.6 Å². The van der Waals surface area contributed by atoms with Gasteiger partial charge in [0.2, 0.25) is 0 Å². The maximum absolute atomic E-state index is 9.77. The van der Waals surface area contributed by atoms with E-state index in [1.807, 2.05) is 0 Å². The molecule has 0 aromatic heterocycles. The van der Waals surface area contributed by atoms with Crippen LogP contribution in [0.2, 0.25) is 0 Å². The third-order valence-electron chi connectivity index (χ3n) is 3.91. The maximum Gasteiger partial charge on any atom is 0.379 e. The van der Waals surface area contributed by atoms with E-state index < -0.39 is 11.6 Å². The monoisotopic (exact) mass is 427 g/mol. The van der Waals surface area contributed by atoms with Crippen molar-refractivity contribution in [2.24, 2.45) is 0 Å². The molecule has 0 aliphatic heterocycles. The predicted octanol–water partition coefficient (Wildman–Crippen LogP) is 8.41. The van der Waals surface area contributed by atoms with E-state index in [9.17, 15) is 15.5 Å². The van der Waals surface area contributed by atoms with Gasteiger partial charge in [-0.2, -0.15) is 0 Å². The van der Waals surface area contributed by atoms with Crippen LogP contribution in [0.15, 0.2) is 99.6 Å². The van der Waals surface area contributed by atoms with Crippen LogP contribution in [0.25, 0.3) is 0 Å². The fraction of sp³-hybridized carbons (Fsp3) is 0.182. The van der Waals surface area contributed by atoms with Gasteiger partial charge in [-0.1, -0.05) is 84.8 Å². The average molecular weight is 428 g/mol. The van der Waals surface area contributed by atoms with Crippen molar-refractivity contribution in [1.82, 2.24) is 0 Å². The van der Waals surface area contributed by atoms with E-state index in [-0.39, 0.29) is 16.3 Å². The fourth-order valence-electron chi connectivity index (χ4n) is 2.61. The second-order valence-corrected chi connectivity index (χ2v) is 9.78. The molecule has 28 heavy (non-hydrogen) atoms. The van der Waals surface area contributed by atoms with Crippen LogP contribution < -0.4 is 0 Å². The molecule has 0 amide bonds. The quantitative estimate of drug-likeness (QED) is 0.291. The van der Waals surface area contributed by atoms with Gasteiger partial charge in [0.05, 0.1) is 10.9 Å². The normalized spacial score (nSPS) is 12.3. The van der Waals surface area contributed by atoms with Gasteiger partial charge in [0.15, 0.2) is 14.7 Å². The molecule has 0 bridgehead atoms. The molecule has 0 spiro atoms. The summed E-state index contributed by atoms with van der Waals surface area (Å²) in [4.78, 5) is 4.10. The SMILES string of the molecule is CC(C)(C)c1ccc([S+](c2ccccc2)c2ccccc2)cc1.FS(F)(F)F. The highest BCUT2D eigenvalue weighted by atomic mass is 32.4. The van der Waals surface area contributed by atoms with E-state index >= 15 is 0 Å². The van der Waals surface area contributed by atoms with E-state index in [1.165, 1.54) is 20.2 Å². The van der Waals surface area contributed by atoms with Gasteiger partial charge in [-0.15, -0.1) is 0 Å². The van der Waals surface area contributed by atoms with Gasteiger partial charge < -0.3 is 0 Å². The summed E-state index contributed by atoms with van der Waals surface area (Å²) in [6.07, 6.45) is 0. The molecule has 0 saturated carbocycles. The van der Waals surface area contributed by atoms with Crippen molar-refractivity contribution in [3.05, 3.63) is 90.5 Å². The lowest BCUT2D eigenvalue weighted by molar-refractivity contribution is 0.543. The molecule has 150 valence electrons. The van der Waals surface area contributed by atoms with Crippen LogP contribution in [0, 0.1) is 0 Å². The summed E-state index contributed by atoms with van der Waals surface area (Å²) in [7, 11) is -0.0497. The summed E-state index contributed by atoms with van der Waals surface area (Å²) in [5, 5.41) is 0. The molecule has 6 heteroatoms. The Balaban J connectivity index is 0.000000500. The van der Waals surface area contributed by atoms with Gasteiger partial charge in [-0.05, 0) is 47.4 Å². The zero-order valence-electron chi connectivity index (χ0n) is 15.9. The average Bonchev–Trinajstić information content (AvgIpc) is 2.62. The summed E-state index contributed by atoms with van der Waals surface area (Å²) in [5.41, 5.74) is 1.57. The summed E-state index contributed by atoms with van der Waals surface area (Å²) in [6, 6.07) is 30.7. The molecule has 3 aromatic rings. The van der Waals surface area contributed by atoms with Crippen molar-refractivity contribution in [3.8, 4) is 0 Å². The molecule has 0 saturated heterocycles. The van der Waals surface area contributed by atoms with Crippen LogP contribution in [-0.4, -0.2) is 0 Å². The third-order valence-corrected chi connectivity index (χ3v) is 6.14. The number of halogens is 4. The lowest BCUT2D eigenvalue weighted by Crippen LogP contribution is -2.11. The van der Waals surface area contributed by atoms with Crippen molar-refractivity contribution < 1.29 is 15.5 Å². The number of rotatable bonds is 3. The second-order valence-electron chi connectivity index (χ2n) is 7.06. The molecule has 0 fully saturated rings. The van der Waals surface area contributed by atoms with Crippen LogP contribution in [0.1, 0.15) is 26.3 Å². The first kappa shape index (κ1) is 22.4. The lowest BCUT2D eigenvalue weighted by atomic mass is 9.87. The Morgan fingerprint density at radius 2 is 0.893 bits per heavy atom. The van der Waals surface area contributed by atoms with Crippen molar-refractivity contribution in [3.63, 3.8) is 0 Å². The Morgan fingerprint density at radius 1 is 0.571 bits per heavy atom. The largest absolute Gasteiger partial charge is 0.379 e. The molecule has 0 nitrogen and oxygen atoms in total. The van der Waals surface area contributed by atoms with Gasteiger partial charge in [0.1, 0.15) is 0 Å². The Kier molecular flexibility index (Phi) is 7.61. The highest BCUT2D eigenvalue weighted by Crippen LogP contribution is 2.54. The molecular weight excluding hydrogens is 404 g/mol. The first-order valence-electron chi connectivity index (χ1n) is 8.62. The van der Waals surface area contributed by atoms with Gasteiger partial charge in [0.25, 0.3) is 0 Å². The molecule has 0 atom stereocenters. The lowest BCUT2D eigenvalue weighted by Gasteiger charge is -2.19. The second kappa shape index (κ2) is 9.52. The number of benzene rings is 3. The van der Waals surface area contributed by atoms with Crippen molar-refractivity contribution in [1.29, 1.82) is 0 Å². The number of hydrogen-bond donors (Lipinski definition) is 0. The van der Waals surface area contributed by atoms with Gasteiger partial charge in [-0.25, -0.2) is 0 Å². The Morgan fingerprint density at radius 3 is 1.21 bits per heavy atom. The highest BCUT2D eigenvalue weighted by Gasteiger charge is 2.28. The summed E-state index contributed by atoms with van der Waals surface area (Å²) in [6.45, 7) is 6.78. The molecule has 0 heterocycles. The fourth-order valence-corrected chi connectivity index (χ4v) is 4.70. The Hall–Kier alpha value is -1.92. The van der Waals surface area contributed by atoms with E-state index in [0.717, 1.165) is 0 Å². The van der Waals surface area contributed by atoms with Crippen LogP contribution in [0.5, 0.6) is 0 Å². The first-order chi connectivity index (χ1) is 13.1. The molecule has 0 N–H and O–H groups in total. The van der Waals surface area contributed by atoms with Crippen molar-refractivity contribution in [2.45, 2.75) is 40.9 Å². The molecule has 0 unspecified atom stereocenters. The minimum atomic E-state index is -6.17. The van der Waals surface area contributed by atoms with E-state index in [0.29, 0.717) is 0 Å². The number of hydrogen-bond acceptors (Lipinski definition) is 0. The predicted molar refractivity (Wildman–Crippen MR) is 112 cm³/mol. The standard InChI is InChI=1S/C22H23S.F4S/c1-22(2,3)18-14-16-21(17-15-18)23(19-10-6-4-7-11-19)20-12-8-5-9-13-20;1-5(2,3)4/h4-17H,1-3H3;/q+1;. The van der Waals surface area contributed by atoms with E-state index in [2.05, 4.69) is 106 Å². The zero-order valence-corrected chi connectivity index (χ0v) is 17.5. The van der Waals surface area contributed by atoms with Crippen molar-refractivity contribution in [2.75, 3.05) is 0 Å². The highest BCUT2D eigenvalue weighted by molar-refractivity contribution is 8.16. The van der Waals surface area contributed by atoms with E-state index in [1.54, 1.807) is 0 Å². The Labute approximate surface area is 169 Å². The van der Waals surface area contributed by atoms with Gasteiger partial charge in [-0.3, -0.25) is 0 Å². The first-order valence-corrected chi connectivity index (χ1v) is 11.1. The van der Waals surface area contributed by atoms with Crippen LogP contribution >= 0.6 is 11.6 Å². The maximum atomic E-state index is 9.77. The summed E-state index contributed by atoms with van der Waals surface area (Å²) in [5.74, 6) is 0. The topological polar surface area (TPSA) is 0 Å². The van der Waals surface area contributed by atoms with Gasteiger partial charge in [0, 0.05) is 0 Å². The minimum absolute atomic E-state index is 0.0497. The molecule has 3 aromatic carbocycles. The molecule has 0 aliphatic rings. The summed E-state index contributed by atoms with van der Waals surface area (Å²) >= 11 is -6.17. The molecule has 3 rings (SSSR count). The minimum Gasteiger partial charge on any atom is -0.0947 e. The zero-order chi connectivity index (χ0) is 20.8. The van der Waals surface area contributed by atoms with Crippen LogP contribution in [0.4, 0.5) is 15.5 Å². The molecular formula is C22H23F4S2+. The summed E-state index contributed by atoms with van der Waals surface area (Å²) < 4.78 is 39.1. The smallest absolute Gasteiger partial charge is 0.0947 e. The molecule has 0 radical (unpaired) electrons. The van der Waals surface area contributed by atoms with Crippen LogP contribution in [0.3, 0.4) is 0 Å².